The first-order valence-electron chi connectivity index (χ1n) is 8.99. The second-order valence-corrected chi connectivity index (χ2v) is 6.43. The van der Waals surface area contributed by atoms with Crippen LogP contribution in [0.15, 0.2) is 0 Å². The molecule has 1 fully saturated rings. The fourth-order valence-corrected chi connectivity index (χ4v) is 1.64. The minimum atomic E-state index is -0.495. The Bertz CT molecular complexity index is 207. The summed E-state index contributed by atoms with van der Waals surface area (Å²) in [5.41, 5.74) is -0.495. The van der Waals surface area contributed by atoms with Crippen molar-refractivity contribution in [3.8, 4) is 0 Å². The van der Waals surface area contributed by atoms with Gasteiger partial charge in [0, 0.05) is 0 Å². The Morgan fingerprint density at radius 2 is 1.48 bits per heavy atom. The first-order chi connectivity index (χ1) is 10.9. The standard InChI is InChI=1S/C12H26O.C4H10O3.C2H4O/c1-5-6-7-8-9-10-11(2)12(3,4)13;5-1-3-7-4-2-6;1-2-3-1/h11,13H,5-10H2,1-4H3;5-6H,1-4H2;1-2H2. The van der Waals surface area contributed by atoms with Crippen molar-refractivity contribution in [2.75, 3.05) is 39.6 Å². The lowest BCUT2D eigenvalue weighted by atomic mass is 9.88. The number of ether oxygens (including phenoxy) is 2. The summed E-state index contributed by atoms with van der Waals surface area (Å²) >= 11 is 0. The van der Waals surface area contributed by atoms with Crippen LogP contribution in [0.1, 0.15) is 66.2 Å². The molecule has 5 nitrogen and oxygen atoms in total. The maximum absolute atomic E-state index is 9.69. The lowest BCUT2D eigenvalue weighted by molar-refractivity contribution is 0.0203. The minimum absolute atomic E-state index is 0.0278. The molecule has 1 aliphatic heterocycles. The number of unbranched alkanes of at least 4 members (excludes halogenated alkanes) is 4. The van der Waals surface area contributed by atoms with Crippen molar-refractivity contribution >= 4 is 0 Å². The Kier molecular flexibility index (Phi) is 19.8. The van der Waals surface area contributed by atoms with E-state index in [2.05, 4.69) is 23.3 Å². The van der Waals surface area contributed by atoms with Crippen LogP contribution in [-0.4, -0.2) is 60.6 Å². The van der Waals surface area contributed by atoms with E-state index in [9.17, 15) is 5.11 Å². The van der Waals surface area contributed by atoms with E-state index >= 15 is 0 Å². The number of epoxide rings is 1. The summed E-state index contributed by atoms with van der Waals surface area (Å²) in [4.78, 5) is 0. The first kappa shape index (κ1) is 25.0. The summed E-state index contributed by atoms with van der Waals surface area (Å²) in [6.07, 6.45) is 7.78. The maximum Gasteiger partial charge on any atom is 0.0701 e. The van der Waals surface area contributed by atoms with Crippen LogP contribution in [0.25, 0.3) is 0 Å². The fourth-order valence-electron chi connectivity index (χ4n) is 1.64. The normalized spacial score (nSPS) is 14.2. The first-order valence-corrected chi connectivity index (χ1v) is 8.99. The highest BCUT2D eigenvalue weighted by Crippen LogP contribution is 2.22. The molecule has 1 atom stereocenters. The monoisotopic (exact) mass is 336 g/mol. The molecule has 0 radical (unpaired) electrons. The van der Waals surface area contributed by atoms with Crippen molar-refractivity contribution in [2.45, 2.75) is 71.8 Å². The molecule has 5 heteroatoms. The second-order valence-electron chi connectivity index (χ2n) is 6.43. The molecule has 0 bridgehead atoms. The Labute approximate surface area is 143 Å². The van der Waals surface area contributed by atoms with Gasteiger partial charge in [0.05, 0.1) is 45.2 Å². The van der Waals surface area contributed by atoms with Crippen molar-refractivity contribution in [2.24, 2.45) is 5.92 Å². The van der Waals surface area contributed by atoms with Crippen LogP contribution in [0, 0.1) is 5.92 Å². The second kappa shape index (κ2) is 18.1. The quantitative estimate of drug-likeness (QED) is 0.399. The van der Waals surface area contributed by atoms with Gasteiger partial charge >= 0.3 is 0 Å². The Hall–Kier alpha value is -0.200. The van der Waals surface area contributed by atoms with E-state index in [1.807, 2.05) is 13.8 Å². The minimum Gasteiger partial charge on any atom is -0.394 e. The summed E-state index contributed by atoms with van der Waals surface area (Å²) in [6.45, 7) is 10.9. The summed E-state index contributed by atoms with van der Waals surface area (Å²) in [5.74, 6) is 0.425. The van der Waals surface area contributed by atoms with Crippen LogP contribution in [0.5, 0.6) is 0 Å². The van der Waals surface area contributed by atoms with Crippen molar-refractivity contribution in [3.63, 3.8) is 0 Å². The van der Waals surface area contributed by atoms with E-state index in [4.69, 9.17) is 10.2 Å². The van der Waals surface area contributed by atoms with Crippen molar-refractivity contribution in [1.82, 2.24) is 0 Å². The largest absolute Gasteiger partial charge is 0.394 e. The summed E-state index contributed by atoms with van der Waals surface area (Å²) < 4.78 is 9.13. The predicted octanol–water partition coefficient (Wildman–Crippen LogP) is 2.76. The van der Waals surface area contributed by atoms with E-state index in [1.165, 1.54) is 32.1 Å². The molecule has 0 aliphatic carbocycles. The molecule has 0 aromatic rings. The van der Waals surface area contributed by atoms with Crippen LogP contribution < -0.4 is 0 Å². The highest BCUT2D eigenvalue weighted by atomic mass is 16.6. The van der Waals surface area contributed by atoms with Gasteiger partial charge in [0.2, 0.25) is 0 Å². The van der Waals surface area contributed by atoms with Gasteiger partial charge in [-0.2, -0.15) is 0 Å². The molecule has 0 saturated carbocycles. The number of rotatable bonds is 11. The van der Waals surface area contributed by atoms with Gasteiger partial charge in [-0.05, 0) is 26.2 Å². The van der Waals surface area contributed by atoms with Gasteiger partial charge < -0.3 is 24.8 Å². The molecule has 1 aliphatic rings. The van der Waals surface area contributed by atoms with Crippen molar-refractivity contribution in [3.05, 3.63) is 0 Å². The van der Waals surface area contributed by atoms with Gasteiger partial charge in [-0.1, -0.05) is 46.0 Å². The summed E-state index contributed by atoms with van der Waals surface area (Å²) in [6, 6.07) is 0. The van der Waals surface area contributed by atoms with Gasteiger partial charge in [0.15, 0.2) is 0 Å². The van der Waals surface area contributed by atoms with Gasteiger partial charge in [-0.25, -0.2) is 0 Å². The Balaban J connectivity index is 0. The summed E-state index contributed by atoms with van der Waals surface area (Å²) in [7, 11) is 0. The van der Waals surface area contributed by atoms with Crippen LogP contribution in [-0.2, 0) is 9.47 Å². The molecule has 1 rings (SSSR count). The molecule has 142 valence electrons. The average Bonchev–Trinajstić information content (AvgIpc) is 3.36. The van der Waals surface area contributed by atoms with E-state index in [0.29, 0.717) is 19.1 Å². The number of aliphatic hydroxyl groups is 3. The Morgan fingerprint density at radius 3 is 1.83 bits per heavy atom. The lowest BCUT2D eigenvalue weighted by Gasteiger charge is -2.25. The van der Waals surface area contributed by atoms with Gasteiger partial charge in [0.25, 0.3) is 0 Å². The molecule has 1 saturated heterocycles. The molecule has 0 aromatic carbocycles. The molecular formula is C18H40O5. The van der Waals surface area contributed by atoms with Gasteiger partial charge in [-0.3, -0.25) is 0 Å². The molecule has 1 unspecified atom stereocenters. The zero-order chi connectivity index (χ0) is 18.0. The topological polar surface area (TPSA) is 82.5 Å². The van der Waals surface area contributed by atoms with Gasteiger partial charge in [-0.15, -0.1) is 0 Å². The van der Waals surface area contributed by atoms with Crippen LogP contribution in [0.2, 0.25) is 0 Å². The fraction of sp³-hybridized carbons (Fsp3) is 1.00. The van der Waals surface area contributed by atoms with E-state index < -0.39 is 5.60 Å². The zero-order valence-corrected chi connectivity index (χ0v) is 15.7. The van der Waals surface area contributed by atoms with E-state index in [0.717, 1.165) is 19.6 Å². The molecule has 0 aromatic heterocycles. The Morgan fingerprint density at radius 1 is 1.00 bits per heavy atom. The number of aliphatic hydroxyl groups excluding tert-OH is 2. The number of hydrogen-bond acceptors (Lipinski definition) is 5. The van der Waals surface area contributed by atoms with E-state index in [-0.39, 0.29) is 13.2 Å². The molecule has 3 N–H and O–H groups in total. The molecule has 0 amide bonds. The SMILES string of the molecule is C1CO1.CCCCCCCC(C)C(C)(C)O.OCCOCCO. The van der Waals surface area contributed by atoms with E-state index in [1.54, 1.807) is 0 Å². The lowest BCUT2D eigenvalue weighted by Crippen LogP contribution is -2.28. The predicted molar refractivity (Wildman–Crippen MR) is 94.6 cm³/mol. The van der Waals surface area contributed by atoms with Crippen molar-refractivity contribution < 1.29 is 24.8 Å². The smallest absolute Gasteiger partial charge is 0.0701 e. The molecule has 1 heterocycles. The summed E-state index contributed by atoms with van der Waals surface area (Å²) in [5, 5.41) is 25.9. The molecular weight excluding hydrogens is 296 g/mol. The number of hydrogen-bond donors (Lipinski definition) is 3. The zero-order valence-electron chi connectivity index (χ0n) is 15.7. The highest BCUT2D eigenvalue weighted by Gasteiger charge is 2.21. The third-order valence-corrected chi connectivity index (χ3v) is 3.62. The van der Waals surface area contributed by atoms with Crippen molar-refractivity contribution in [1.29, 1.82) is 0 Å². The van der Waals surface area contributed by atoms with Crippen LogP contribution >= 0.6 is 0 Å². The van der Waals surface area contributed by atoms with Crippen LogP contribution in [0.4, 0.5) is 0 Å². The van der Waals surface area contributed by atoms with Crippen LogP contribution in [0.3, 0.4) is 0 Å². The molecule has 0 spiro atoms. The molecule has 23 heavy (non-hydrogen) atoms. The third kappa shape index (κ3) is 27.0. The average molecular weight is 337 g/mol. The van der Waals surface area contributed by atoms with Gasteiger partial charge in [0.1, 0.15) is 0 Å². The highest BCUT2D eigenvalue weighted by molar-refractivity contribution is 4.72. The third-order valence-electron chi connectivity index (χ3n) is 3.62. The maximum atomic E-state index is 9.69.